The monoisotopic (exact) mass is 323 g/mol. The Hall–Kier alpha value is -1.52. The van der Waals surface area contributed by atoms with Gasteiger partial charge >= 0.3 is 0 Å². The number of amides is 1. The molecule has 0 saturated heterocycles. The van der Waals surface area contributed by atoms with Gasteiger partial charge in [0, 0.05) is 27.8 Å². The molecule has 0 radical (unpaired) electrons. The van der Waals surface area contributed by atoms with Crippen LogP contribution in [0.2, 0.25) is 5.02 Å². The Bertz CT molecular complexity index is 631. The van der Waals surface area contributed by atoms with Crippen LogP contribution in [0.15, 0.2) is 47.4 Å². The minimum atomic E-state index is -0.316. The van der Waals surface area contributed by atoms with Crippen molar-refractivity contribution >= 4 is 35.0 Å². The van der Waals surface area contributed by atoms with Crippen LogP contribution in [0.1, 0.15) is 12.0 Å². The number of hydrogen-bond acceptors (Lipinski definition) is 2. The first kappa shape index (κ1) is 15.9. The average molecular weight is 324 g/mol. The molecule has 0 spiro atoms. The molecule has 0 bridgehead atoms. The largest absolute Gasteiger partial charge is 0.326 e. The van der Waals surface area contributed by atoms with E-state index in [0.29, 0.717) is 28.4 Å². The molecular formula is C16H15ClFNOS. The molecule has 21 heavy (non-hydrogen) atoms. The lowest BCUT2D eigenvalue weighted by atomic mass is 10.2. The summed E-state index contributed by atoms with van der Waals surface area (Å²) in [7, 11) is 0. The van der Waals surface area contributed by atoms with E-state index in [4.69, 9.17) is 11.6 Å². The van der Waals surface area contributed by atoms with Crippen LogP contribution in [0.4, 0.5) is 10.1 Å². The third-order valence-corrected chi connectivity index (χ3v) is 4.13. The van der Waals surface area contributed by atoms with Gasteiger partial charge in [0.25, 0.3) is 0 Å². The molecular weight excluding hydrogens is 309 g/mol. The molecule has 2 nitrogen and oxygen atoms in total. The highest BCUT2D eigenvalue weighted by Gasteiger charge is 2.05. The Labute approximate surface area is 132 Å². The molecule has 2 rings (SSSR count). The van der Waals surface area contributed by atoms with Crippen molar-refractivity contribution in [2.24, 2.45) is 0 Å². The zero-order valence-electron chi connectivity index (χ0n) is 11.5. The maximum Gasteiger partial charge on any atom is 0.225 e. The molecule has 0 fully saturated rings. The molecule has 110 valence electrons. The quantitative estimate of drug-likeness (QED) is 0.792. The SMILES string of the molecule is Cc1ccc(NC(=O)CCSc2ccc(Cl)cc2)cc1F. The van der Waals surface area contributed by atoms with E-state index >= 15 is 0 Å². The van der Waals surface area contributed by atoms with Gasteiger partial charge in [0.2, 0.25) is 5.91 Å². The normalized spacial score (nSPS) is 10.4. The first-order valence-corrected chi connectivity index (χ1v) is 7.85. The molecule has 5 heteroatoms. The minimum absolute atomic E-state index is 0.125. The Morgan fingerprint density at radius 2 is 1.95 bits per heavy atom. The first-order chi connectivity index (χ1) is 10.0. The van der Waals surface area contributed by atoms with Crippen molar-refractivity contribution < 1.29 is 9.18 Å². The zero-order valence-corrected chi connectivity index (χ0v) is 13.1. The van der Waals surface area contributed by atoms with Crippen LogP contribution in [0, 0.1) is 12.7 Å². The van der Waals surface area contributed by atoms with Crippen molar-refractivity contribution in [3.63, 3.8) is 0 Å². The van der Waals surface area contributed by atoms with Crippen molar-refractivity contribution in [1.82, 2.24) is 0 Å². The summed E-state index contributed by atoms with van der Waals surface area (Å²) in [5, 5.41) is 3.39. The van der Waals surface area contributed by atoms with Crippen LogP contribution in [-0.2, 0) is 4.79 Å². The smallest absolute Gasteiger partial charge is 0.225 e. The fourth-order valence-electron chi connectivity index (χ4n) is 1.69. The standard InChI is InChI=1S/C16H15ClFNOS/c1-11-2-5-13(10-15(11)18)19-16(20)8-9-21-14-6-3-12(17)4-7-14/h2-7,10H,8-9H2,1H3,(H,19,20). The summed E-state index contributed by atoms with van der Waals surface area (Å²) in [4.78, 5) is 12.8. The number of aryl methyl sites for hydroxylation is 1. The molecule has 0 saturated carbocycles. The molecule has 2 aromatic carbocycles. The second-order valence-electron chi connectivity index (χ2n) is 4.56. The fraction of sp³-hybridized carbons (Fsp3) is 0.188. The van der Waals surface area contributed by atoms with Gasteiger partial charge in [-0.2, -0.15) is 0 Å². The Morgan fingerprint density at radius 1 is 1.24 bits per heavy atom. The summed E-state index contributed by atoms with van der Waals surface area (Å²) in [5.41, 5.74) is 1.05. The molecule has 2 aromatic rings. The molecule has 0 aliphatic heterocycles. The molecule has 0 unspecified atom stereocenters. The summed E-state index contributed by atoms with van der Waals surface area (Å²) in [6.07, 6.45) is 0.364. The van der Waals surface area contributed by atoms with Gasteiger partial charge < -0.3 is 5.32 Å². The van der Waals surface area contributed by atoms with Crippen LogP contribution in [0.25, 0.3) is 0 Å². The van der Waals surface area contributed by atoms with E-state index < -0.39 is 0 Å². The maximum atomic E-state index is 13.4. The van der Waals surface area contributed by atoms with Gasteiger partial charge in [-0.3, -0.25) is 4.79 Å². The van der Waals surface area contributed by atoms with E-state index in [-0.39, 0.29) is 11.7 Å². The highest BCUT2D eigenvalue weighted by molar-refractivity contribution is 7.99. The molecule has 0 atom stereocenters. The lowest BCUT2D eigenvalue weighted by molar-refractivity contribution is -0.115. The zero-order chi connectivity index (χ0) is 15.2. The van der Waals surface area contributed by atoms with Gasteiger partial charge in [0.15, 0.2) is 0 Å². The van der Waals surface area contributed by atoms with Crippen LogP contribution in [-0.4, -0.2) is 11.7 Å². The molecule has 0 aliphatic rings. The fourth-order valence-corrected chi connectivity index (χ4v) is 2.66. The minimum Gasteiger partial charge on any atom is -0.326 e. The molecule has 1 N–H and O–H groups in total. The van der Waals surface area contributed by atoms with Crippen molar-refractivity contribution in [3.05, 3.63) is 58.9 Å². The van der Waals surface area contributed by atoms with Crippen molar-refractivity contribution in [3.8, 4) is 0 Å². The van der Waals surface area contributed by atoms with E-state index in [2.05, 4.69) is 5.32 Å². The third kappa shape index (κ3) is 5.06. The van der Waals surface area contributed by atoms with E-state index in [1.165, 1.54) is 6.07 Å². The Balaban J connectivity index is 1.79. The van der Waals surface area contributed by atoms with Gasteiger partial charge in [-0.1, -0.05) is 17.7 Å². The molecule has 0 aromatic heterocycles. The van der Waals surface area contributed by atoms with Crippen LogP contribution in [0.3, 0.4) is 0 Å². The topological polar surface area (TPSA) is 29.1 Å². The number of hydrogen-bond donors (Lipinski definition) is 1. The summed E-state index contributed by atoms with van der Waals surface area (Å²) in [5.74, 6) is 0.213. The highest BCUT2D eigenvalue weighted by Crippen LogP contribution is 2.21. The van der Waals surface area contributed by atoms with E-state index in [0.717, 1.165) is 4.90 Å². The Morgan fingerprint density at radius 3 is 2.62 bits per heavy atom. The predicted octanol–water partition coefficient (Wildman–Crippen LogP) is 4.91. The van der Waals surface area contributed by atoms with Crippen molar-refractivity contribution in [2.75, 3.05) is 11.1 Å². The first-order valence-electron chi connectivity index (χ1n) is 6.49. The lowest BCUT2D eigenvalue weighted by Gasteiger charge is -2.06. The van der Waals surface area contributed by atoms with Crippen LogP contribution < -0.4 is 5.32 Å². The second kappa shape index (κ2) is 7.48. The Kier molecular flexibility index (Phi) is 5.65. The van der Waals surface area contributed by atoms with Gasteiger partial charge in [-0.05, 0) is 48.9 Å². The van der Waals surface area contributed by atoms with Crippen molar-refractivity contribution in [2.45, 2.75) is 18.2 Å². The van der Waals surface area contributed by atoms with Crippen molar-refractivity contribution in [1.29, 1.82) is 0 Å². The van der Waals surface area contributed by atoms with Gasteiger partial charge in [-0.25, -0.2) is 4.39 Å². The predicted molar refractivity (Wildman–Crippen MR) is 86.6 cm³/mol. The number of carbonyl (C=O) groups is 1. The van der Waals surface area contributed by atoms with E-state index in [1.807, 2.05) is 24.3 Å². The summed E-state index contributed by atoms with van der Waals surface area (Å²) < 4.78 is 13.4. The van der Waals surface area contributed by atoms with E-state index in [1.54, 1.807) is 30.8 Å². The molecule has 0 aliphatic carbocycles. The number of halogens is 2. The second-order valence-corrected chi connectivity index (χ2v) is 6.17. The number of rotatable bonds is 5. The number of nitrogens with one attached hydrogen (secondary N) is 1. The third-order valence-electron chi connectivity index (χ3n) is 2.87. The number of thioether (sulfide) groups is 1. The van der Waals surface area contributed by atoms with Gasteiger partial charge in [0.05, 0.1) is 0 Å². The highest BCUT2D eigenvalue weighted by atomic mass is 35.5. The summed E-state index contributed by atoms with van der Waals surface area (Å²) >= 11 is 7.39. The number of anilines is 1. The number of carbonyl (C=O) groups excluding carboxylic acids is 1. The maximum absolute atomic E-state index is 13.4. The lowest BCUT2D eigenvalue weighted by Crippen LogP contribution is -2.12. The summed E-state index contributed by atoms with van der Waals surface area (Å²) in [6, 6.07) is 12.1. The average Bonchev–Trinajstić information content (AvgIpc) is 2.45. The van der Waals surface area contributed by atoms with Gasteiger partial charge in [-0.15, -0.1) is 11.8 Å². The van der Waals surface area contributed by atoms with E-state index in [9.17, 15) is 9.18 Å². The molecule has 1 amide bonds. The molecule has 0 heterocycles. The summed E-state index contributed by atoms with van der Waals surface area (Å²) in [6.45, 7) is 1.68. The van der Waals surface area contributed by atoms with Gasteiger partial charge in [0.1, 0.15) is 5.82 Å². The van der Waals surface area contributed by atoms with Crippen LogP contribution >= 0.6 is 23.4 Å². The van der Waals surface area contributed by atoms with Crippen LogP contribution in [0.5, 0.6) is 0 Å². The number of benzene rings is 2.